The van der Waals surface area contributed by atoms with Crippen LogP contribution in [0, 0.1) is 0 Å². The standard InChI is InChI=1S/C11H12BrNO4/c1-2-15-11(14)6-5-7(12)8(13)10-9(6)16-3-4-17-10/h5H,2-4,13H2,1H3. The Kier molecular flexibility index (Phi) is 3.42. The quantitative estimate of drug-likeness (QED) is 0.668. The maximum absolute atomic E-state index is 11.8. The van der Waals surface area contributed by atoms with Gasteiger partial charge in [0.15, 0.2) is 11.5 Å². The fourth-order valence-electron chi connectivity index (χ4n) is 1.56. The van der Waals surface area contributed by atoms with Gasteiger partial charge in [-0.25, -0.2) is 4.79 Å². The van der Waals surface area contributed by atoms with Crippen molar-refractivity contribution in [3.8, 4) is 11.5 Å². The summed E-state index contributed by atoms with van der Waals surface area (Å²) in [6.45, 7) is 2.85. The van der Waals surface area contributed by atoms with Crippen LogP contribution in [0.1, 0.15) is 17.3 Å². The molecular weight excluding hydrogens is 290 g/mol. The van der Waals surface area contributed by atoms with Gasteiger partial charge in [0.05, 0.1) is 12.3 Å². The zero-order valence-electron chi connectivity index (χ0n) is 9.29. The molecular formula is C11H12BrNO4. The largest absolute Gasteiger partial charge is 0.485 e. The van der Waals surface area contributed by atoms with Gasteiger partial charge in [0, 0.05) is 4.47 Å². The number of carbonyl (C=O) groups excluding carboxylic acids is 1. The van der Waals surface area contributed by atoms with Crippen molar-refractivity contribution in [3.05, 3.63) is 16.1 Å². The number of ether oxygens (including phenoxy) is 3. The van der Waals surface area contributed by atoms with Crippen LogP contribution in [0.4, 0.5) is 5.69 Å². The lowest BCUT2D eigenvalue weighted by atomic mass is 10.1. The van der Waals surface area contributed by atoms with Crippen LogP contribution in [0.5, 0.6) is 11.5 Å². The van der Waals surface area contributed by atoms with Gasteiger partial charge in [0.25, 0.3) is 0 Å². The smallest absolute Gasteiger partial charge is 0.342 e. The second kappa shape index (κ2) is 4.83. The molecule has 2 rings (SSSR count). The Morgan fingerprint density at radius 2 is 2.12 bits per heavy atom. The number of nitrogen functional groups attached to an aromatic ring is 1. The zero-order chi connectivity index (χ0) is 12.4. The van der Waals surface area contributed by atoms with E-state index >= 15 is 0 Å². The van der Waals surface area contributed by atoms with Crippen molar-refractivity contribution in [1.29, 1.82) is 0 Å². The number of nitrogens with two attached hydrogens (primary N) is 1. The highest BCUT2D eigenvalue weighted by atomic mass is 79.9. The number of fused-ring (bicyclic) bond motifs is 1. The Balaban J connectivity index is 2.52. The molecule has 0 unspecified atom stereocenters. The van der Waals surface area contributed by atoms with Gasteiger partial charge in [-0.1, -0.05) is 0 Å². The number of anilines is 1. The number of benzene rings is 1. The fourth-order valence-corrected chi connectivity index (χ4v) is 1.97. The average molecular weight is 302 g/mol. The van der Waals surface area contributed by atoms with E-state index in [-0.39, 0.29) is 0 Å². The SMILES string of the molecule is CCOC(=O)c1cc(Br)c(N)c2c1OCCO2. The lowest BCUT2D eigenvalue weighted by molar-refractivity contribution is 0.0516. The van der Waals surface area contributed by atoms with E-state index in [1.165, 1.54) is 0 Å². The average Bonchev–Trinajstić information content (AvgIpc) is 2.34. The maximum Gasteiger partial charge on any atom is 0.342 e. The Labute approximate surface area is 107 Å². The molecule has 6 heteroatoms. The summed E-state index contributed by atoms with van der Waals surface area (Å²) in [5.74, 6) is 0.305. The van der Waals surface area contributed by atoms with E-state index in [1.54, 1.807) is 13.0 Å². The minimum absolute atomic E-state index is 0.302. The van der Waals surface area contributed by atoms with E-state index in [9.17, 15) is 4.79 Å². The van der Waals surface area contributed by atoms with E-state index in [0.29, 0.717) is 47.0 Å². The van der Waals surface area contributed by atoms with E-state index in [2.05, 4.69) is 15.9 Å². The third-order valence-corrected chi connectivity index (χ3v) is 2.95. The molecule has 2 N–H and O–H groups in total. The molecule has 0 fully saturated rings. The van der Waals surface area contributed by atoms with Crippen molar-refractivity contribution < 1.29 is 19.0 Å². The van der Waals surface area contributed by atoms with E-state index in [4.69, 9.17) is 19.9 Å². The third-order valence-electron chi connectivity index (χ3n) is 2.30. The Morgan fingerprint density at radius 3 is 2.76 bits per heavy atom. The van der Waals surface area contributed by atoms with Crippen molar-refractivity contribution in [2.75, 3.05) is 25.6 Å². The summed E-state index contributed by atoms with van der Waals surface area (Å²) in [7, 11) is 0. The molecule has 0 aliphatic carbocycles. The Morgan fingerprint density at radius 1 is 1.47 bits per heavy atom. The molecule has 1 aromatic carbocycles. The lowest BCUT2D eigenvalue weighted by Crippen LogP contribution is -2.20. The number of halogens is 1. The fraction of sp³-hybridized carbons (Fsp3) is 0.364. The first-order valence-corrected chi connectivity index (χ1v) is 5.99. The molecule has 0 atom stereocenters. The summed E-state index contributed by atoms with van der Waals surface area (Å²) >= 11 is 3.28. The highest BCUT2D eigenvalue weighted by Gasteiger charge is 2.25. The molecule has 0 amide bonds. The highest BCUT2D eigenvalue weighted by Crippen LogP contribution is 2.43. The molecule has 1 heterocycles. The van der Waals surface area contributed by atoms with Gasteiger partial charge in [0.2, 0.25) is 0 Å². The normalized spacial score (nSPS) is 13.3. The van der Waals surface area contributed by atoms with Crippen LogP contribution in [-0.4, -0.2) is 25.8 Å². The highest BCUT2D eigenvalue weighted by molar-refractivity contribution is 9.10. The molecule has 1 aromatic rings. The van der Waals surface area contributed by atoms with Crippen molar-refractivity contribution in [2.45, 2.75) is 6.92 Å². The van der Waals surface area contributed by atoms with Crippen LogP contribution < -0.4 is 15.2 Å². The van der Waals surface area contributed by atoms with Crippen LogP contribution in [-0.2, 0) is 4.74 Å². The molecule has 5 nitrogen and oxygen atoms in total. The Hall–Kier alpha value is -1.43. The first kappa shape index (κ1) is 12.0. The van der Waals surface area contributed by atoms with Crippen molar-refractivity contribution in [2.24, 2.45) is 0 Å². The van der Waals surface area contributed by atoms with Crippen molar-refractivity contribution in [3.63, 3.8) is 0 Å². The summed E-state index contributed by atoms with van der Waals surface area (Å²) < 4.78 is 16.4. The molecule has 0 saturated heterocycles. The van der Waals surface area contributed by atoms with Gasteiger partial charge >= 0.3 is 5.97 Å². The molecule has 0 radical (unpaired) electrons. The third kappa shape index (κ3) is 2.17. The van der Waals surface area contributed by atoms with Crippen LogP contribution >= 0.6 is 15.9 Å². The molecule has 0 bridgehead atoms. The first-order valence-electron chi connectivity index (χ1n) is 5.19. The summed E-state index contributed by atoms with van der Waals surface area (Å²) in [6, 6.07) is 1.58. The van der Waals surface area contributed by atoms with Gasteiger partial charge in [-0.05, 0) is 28.9 Å². The molecule has 0 aromatic heterocycles. The summed E-state index contributed by atoms with van der Waals surface area (Å²) in [6.07, 6.45) is 0. The zero-order valence-corrected chi connectivity index (χ0v) is 10.9. The van der Waals surface area contributed by atoms with Gasteiger partial charge in [-0.3, -0.25) is 0 Å². The van der Waals surface area contributed by atoms with Crippen molar-refractivity contribution in [1.82, 2.24) is 0 Å². The number of rotatable bonds is 2. The predicted molar refractivity (Wildman–Crippen MR) is 65.5 cm³/mol. The van der Waals surface area contributed by atoms with Gasteiger partial charge in [-0.2, -0.15) is 0 Å². The Bertz CT molecular complexity index is 461. The van der Waals surface area contributed by atoms with E-state index < -0.39 is 5.97 Å². The topological polar surface area (TPSA) is 70.8 Å². The maximum atomic E-state index is 11.8. The molecule has 92 valence electrons. The molecule has 0 spiro atoms. The van der Waals surface area contributed by atoms with Crippen LogP contribution in [0.3, 0.4) is 0 Å². The van der Waals surface area contributed by atoms with Gasteiger partial charge in [-0.15, -0.1) is 0 Å². The second-order valence-corrected chi connectivity index (χ2v) is 4.25. The molecule has 17 heavy (non-hydrogen) atoms. The lowest BCUT2D eigenvalue weighted by Gasteiger charge is -2.22. The van der Waals surface area contributed by atoms with Gasteiger partial charge in [0.1, 0.15) is 18.8 Å². The number of hydrogen-bond donors (Lipinski definition) is 1. The predicted octanol–water partition coefficient (Wildman–Crippen LogP) is 1.98. The summed E-state index contributed by atoms with van der Waals surface area (Å²) in [5.41, 5.74) is 6.59. The monoisotopic (exact) mass is 301 g/mol. The van der Waals surface area contributed by atoms with Gasteiger partial charge < -0.3 is 19.9 Å². The minimum atomic E-state index is -0.449. The molecule has 0 saturated carbocycles. The van der Waals surface area contributed by atoms with Crippen molar-refractivity contribution >= 4 is 27.6 Å². The van der Waals surface area contributed by atoms with Crippen LogP contribution in [0.15, 0.2) is 10.5 Å². The molecule has 1 aliphatic rings. The van der Waals surface area contributed by atoms with E-state index in [1.807, 2.05) is 0 Å². The first-order chi connectivity index (χ1) is 8.15. The number of hydrogen-bond acceptors (Lipinski definition) is 5. The summed E-state index contributed by atoms with van der Waals surface area (Å²) in [5, 5.41) is 0. The minimum Gasteiger partial charge on any atom is -0.485 e. The van der Waals surface area contributed by atoms with Crippen LogP contribution in [0.25, 0.3) is 0 Å². The van der Waals surface area contributed by atoms with Crippen LogP contribution in [0.2, 0.25) is 0 Å². The molecule has 1 aliphatic heterocycles. The van der Waals surface area contributed by atoms with E-state index in [0.717, 1.165) is 0 Å². The number of carbonyl (C=O) groups is 1. The summed E-state index contributed by atoms with van der Waals surface area (Å²) in [4.78, 5) is 11.8. The second-order valence-electron chi connectivity index (χ2n) is 3.40. The number of esters is 1.